The molecule has 0 aliphatic carbocycles. The summed E-state index contributed by atoms with van der Waals surface area (Å²) >= 11 is 0. The summed E-state index contributed by atoms with van der Waals surface area (Å²) in [6.07, 6.45) is 0. The van der Waals surface area contributed by atoms with Crippen molar-refractivity contribution in [1.82, 2.24) is 4.72 Å². The Kier molecular flexibility index (Phi) is 6.93. The van der Waals surface area contributed by atoms with Gasteiger partial charge in [-0.3, -0.25) is 4.79 Å². The van der Waals surface area contributed by atoms with Gasteiger partial charge in [-0.2, -0.15) is 5.26 Å². The summed E-state index contributed by atoms with van der Waals surface area (Å²) in [5.74, 6) is 0.114. The van der Waals surface area contributed by atoms with Crippen molar-refractivity contribution < 1.29 is 17.9 Å². The molecule has 164 valence electrons. The number of hydrogen-bond donors (Lipinski definition) is 2. The summed E-state index contributed by atoms with van der Waals surface area (Å²) in [6.45, 7) is 3.74. The number of ether oxygens (including phenoxy) is 1. The summed E-state index contributed by atoms with van der Waals surface area (Å²) in [5, 5.41) is 11.8. The minimum absolute atomic E-state index is 0.0711. The first-order valence-corrected chi connectivity index (χ1v) is 11.3. The van der Waals surface area contributed by atoms with Crippen molar-refractivity contribution in [2.24, 2.45) is 0 Å². The maximum atomic E-state index is 12.8. The van der Waals surface area contributed by atoms with Crippen molar-refractivity contribution in [1.29, 1.82) is 5.26 Å². The van der Waals surface area contributed by atoms with Gasteiger partial charge < -0.3 is 10.1 Å². The van der Waals surface area contributed by atoms with Crippen LogP contribution in [0.25, 0.3) is 0 Å². The number of hydrogen-bond acceptors (Lipinski definition) is 5. The van der Waals surface area contributed by atoms with Crippen LogP contribution in [0.1, 0.15) is 32.6 Å². The number of sulfonamides is 1. The number of nitrogens with zero attached hydrogens (tertiary/aromatic N) is 1. The Morgan fingerprint density at radius 3 is 2.53 bits per heavy atom. The highest BCUT2D eigenvalue weighted by Crippen LogP contribution is 2.23. The summed E-state index contributed by atoms with van der Waals surface area (Å²) in [4.78, 5) is 12.9. The molecule has 32 heavy (non-hydrogen) atoms. The van der Waals surface area contributed by atoms with Crippen molar-refractivity contribution in [2.75, 3.05) is 12.4 Å². The Labute approximate surface area is 187 Å². The van der Waals surface area contributed by atoms with E-state index in [1.807, 2.05) is 6.07 Å². The minimum Gasteiger partial charge on any atom is -0.489 e. The third kappa shape index (κ3) is 5.32. The number of carbonyl (C=O) groups excluding carboxylic acids is 1. The zero-order valence-electron chi connectivity index (χ0n) is 18.0. The second-order valence-corrected chi connectivity index (χ2v) is 9.06. The molecule has 3 rings (SSSR count). The molecule has 0 radical (unpaired) electrons. The molecule has 8 heteroatoms. The molecule has 3 aromatic rings. The lowest BCUT2D eigenvalue weighted by Crippen LogP contribution is -2.21. The number of benzene rings is 3. The average molecular weight is 450 g/mol. The molecule has 0 aliphatic heterocycles. The van der Waals surface area contributed by atoms with Crippen LogP contribution in [0.5, 0.6) is 5.75 Å². The average Bonchev–Trinajstić information content (AvgIpc) is 2.79. The summed E-state index contributed by atoms with van der Waals surface area (Å²) in [5.41, 5.74) is 3.44. The van der Waals surface area contributed by atoms with Crippen LogP contribution in [-0.2, 0) is 16.6 Å². The minimum atomic E-state index is -3.70. The van der Waals surface area contributed by atoms with E-state index in [4.69, 9.17) is 10.00 Å². The van der Waals surface area contributed by atoms with Crippen molar-refractivity contribution in [3.05, 3.63) is 88.5 Å². The number of anilines is 1. The Hall–Kier alpha value is -3.67. The lowest BCUT2D eigenvalue weighted by molar-refractivity contribution is 0.102. The third-order valence-corrected chi connectivity index (χ3v) is 6.53. The maximum absolute atomic E-state index is 12.8. The zero-order valence-corrected chi connectivity index (χ0v) is 18.8. The smallest absolute Gasteiger partial charge is 0.255 e. The third-order valence-electron chi connectivity index (χ3n) is 4.99. The fourth-order valence-corrected chi connectivity index (χ4v) is 4.18. The van der Waals surface area contributed by atoms with Gasteiger partial charge in [-0.05, 0) is 74.0 Å². The molecule has 0 saturated heterocycles. The topological polar surface area (TPSA) is 108 Å². The van der Waals surface area contributed by atoms with Gasteiger partial charge in [-0.1, -0.05) is 18.2 Å². The van der Waals surface area contributed by atoms with E-state index in [2.05, 4.69) is 16.1 Å². The maximum Gasteiger partial charge on any atom is 0.255 e. The molecule has 0 fully saturated rings. The Bertz CT molecular complexity index is 1310. The van der Waals surface area contributed by atoms with Gasteiger partial charge in [0.25, 0.3) is 5.91 Å². The molecule has 7 nitrogen and oxygen atoms in total. The predicted molar refractivity (Wildman–Crippen MR) is 122 cm³/mol. The molecule has 0 spiro atoms. The van der Waals surface area contributed by atoms with Crippen LogP contribution in [-0.4, -0.2) is 21.4 Å². The fraction of sp³-hybridized carbons (Fsp3) is 0.167. The lowest BCUT2D eigenvalue weighted by atomic mass is 10.1. The number of nitrogens with one attached hydrogen (secondary N) is 2. The first-order valence-electron chi connectivity index (χ1n) is 9.81. The molecule has 0 saturated carbocycles. The summed E-state index contributed by atoms with van der Waals surface area (Å²) < 4.78 is 32.7. The van der Waals surface area contributed by atoms with Crippen molar-refractivity contribution >= 4 is 21.6 Å². The Balaban J connectivity index is 1.77. The quantitative estimate of drug-likeness (QED) is 0.568. The molecular weight excluding hydrogens is 426 g/mol. The van der Waals surface area contributed by atoms with Gasteiger partial charge in [-0.25, -0.2) is 13.1 Å². The molecule has 3 aromatic carbocycles. The number of rotatable bonds is 7. The fourth-order valence-electron chi connectivity index (χ4n) is 3.11. The zero-order chi connectivity index (χ0) is 23.3. The molecule has 0 unspecified atom stereocenters. The van der Waals surface area contributed by atoms with Crippen LogP contribution in [0.4, 0.5) is 5.69 Å². The van der Waals surface area contributed by atoms with Crippen LogP contribution < -0.4 is 14.8 Å². The highest BCUT2D eigenvalue weighted by Gasteiger charge is 2.19. The van der Waals surface area contributed by atoms with E-state index >= 15 is 0 Å². The highest BCUT2D eigenvalue weighted by atomic mass is 32.2. The van der Waals surface area contributed by atoms with Crippen LogP contribution in [0, 0.1) is 25.2 Å². The Morgan fingerprint density at radius 1 is 1.06 bits per heavy atom. The molecule has 2 N–H and O–H groups in total. The molecule has 0 atom stereocenters. The lowest BCUT2D eigenvalue weighted by Gasteiger charge is -2.13. The second-order valence-electron chi connectivity index (χ2n) is 7.21. The number of amides is 1. The van der Waals surface area contributed by atoms with Crippen molar-refractivity contribution in [2.45, 2.75) is 25.3 Å². The van der Waals surface area contributed by atoms with Gasteiger partial charge in [0, 0.05) is 17.3 Å². The van der Waals surface area contributed by atoms with Crippen molar-refractivity contribution in [3.8, 4) is 11.8 Å². The largest absolute Gasteiger partial charge is 0.489 e. The first kappa shape index (κ1) is 23.0. The van der Waals surface area contributed by atoms with E-state index in [0.717, 1.165) is 5.56 Å². The standard InChI is InChI=1S/C24H23N3O4S/c1-16-10-20(12-23(17(16)2)32(29,30)26-3)24(28)27-21-8-5-9-22(13-21)31-15-19-7-4-6-18(11-19)14-25/h4-13,26H,15H2,1-3H3,(H,27,28). The van der Waals surface area contributed by atoms with Gasteiger partial charge in [-0.15, -0.1) is 0 Å². The molecule has 1 amide bonds. The molecular formula is C24H23N3O4S. The highest BCUT2D eigenvalue weighted by molar-refractivity contribution is 7.89. The van der Waals surface area contributed by atoms with Crippen molar-refractivity contribution in [3.63, 3.8) is 0 Å². The SMILES string of the molecule is CNS(=O)(=O)c1cc(C(=O)Nc2cccc(OCc3cccc(C#N)c3)c2)cc(C)c1C. The number of aryl methyl sites for hydroxylation is 1. The van der Waals surface area contributed by atoms with E-state index in [0.29, 0.717) is 28.1 Å². The normalized spacial score (nSPS) is 10.9. The monoisotopic (exact) mass is 449 g/mol. The van der Waals surface area contributed by atoms with E-state index in [-0.39, 0.29) is 17.1 Å². The molecule has 0 aromatic heterocycles. The van der Waals surface area contributed by atoms with Gasteiger partial charge in [0.05, 0.1) is 16.5 Å². The first-order chi connectivity index (χ1) is 15.2. The van der Waals surface area contributed by atoms with Crippen LogP contribution in [0.3, 0.4) is 0 Å². The predicted octanol–water partition coefficient (Wildman–Crippen LogP) is 3.91. The van der Waals surface area contributed by atoms with Crippen LogP contribution >= 0.6 is 0 Å². The molecule has 0 heterocycles. The molecule has 0 bridgehead atoms. The van der Waals surface area contributed by atoms with Gasteiger partial charge in [0.1, 0.15) is 12.4 Å². The van der Waals surface area contributed by atoms with Gasteiger partial charge >= 0.3 is 0 Å². The number of carbonyl (C=O) groups is 1. The summed E-state index contributed by atoms with van der Waals surface area (Å²) in [6, 6.07) is 19.1. The summed E-state index contributed by atoms with van der Waals surface area (Å²) in [7, 11) is -2.36. The van der Waals surface area contributed by atoms with Crippen LogP contribution in [0.2, 0.25) is 0 Å². The Morgan fingerprint density at radius 2 is 1.81 bits per heavy atom. The second kappa shape index (κ2) is 9.64. The van der Waals surface area contributed by atoms with E-state index in [1.165, 1.54) is 13.1 Å². The van der Waals surface area contributed by atoms with Gasteiger partial charge in [0.15, 0.2) is 0 Å². The number of nitriles is 1. The van der Waals surface area contributed by atoms with E-state index in [1.54, 1.807) is 62.4 Å². The van der Waals surface area contributed by atoms with Crippen LogP contribution in [0.15, 0.2) is 65.6 Å². The van der Waals surface area contributed by atoms with E-state index < -0.39 is 15.9 Å². The molecule has 0 aliphatic rings. The van der Waals surface area contributed by atoms with E-state index in [9.17, 15) is 13.2 Å². The van der Waals surface area contributed by atoms with Gasteiger partial charge in [0.2, 0.25) is 10.0 Å².